The van der Waals surface area contributed by atoms with E-state index in [9.17, 15) is 4.79 Å². The first-order valence-corrected chi connectivity index (χ1v) is 10.4. The number of hydrogen-bond acceptors (Lipinski definition) is 4. The van der Waals surface area contributed by atoms with Gasteiger partial charge in [-0.25, -0.2) is 4.98 Å². The van der Waals surface area contributed by atoms with Crippen molar-refractivity contribution in [2.45, 2.75) is 45.7 Å². The van der Waals surface area contributed by atoms with Crippen molar-refractivity contribution in [2.75, 3.05) is 29.9 Å². The molecule has 0 aromatic carbocycles. The lowest BCUT2D eigenvalue weighted by Crippen LogP contribution is -2.47. The fourth-order valence-electron chi connectivity index (χ4n) is 3.67. The number of halogens is 1. The summed E-state index contributed by atoms with van der Waals surface area (Å²) in [6.07, 6.45) is 5.53. The zero-order valence-corrected chi connectivity index (χ0v) is 17.8. The molecule has 0 unspecified atom stereocenters. The first-order valence-electron chi connectivity index (χ1n) is 9.61. The lowest BCUT2D eigenvalue weighted by atomic mass is 10.0. The predicted molar refractivity (Wildman–Crippen MR) is 113 cm³/mol. The summed E-state index contributed by atoms with van der Waals surface area (Å²) in [5.74, 6) is 1.08. The third kappa shape index (κ3) is 4.64. The van der Waals surface area contributed by atoms with Crippen molar-refractivity contribution in [3.8, 4) is 0 Å². The summed E-state index contributed by atoms with van der Waals surface area (Å²) in [6, 6.07) is 6.64. The van der Waals surface area contributed by atoms with E-state index in [2.05, 4.69) is 63.0 Å². The highest BCUT2D eigenvalue weighted by atomic mass is 79.9. The first kappa shape index (κ1) is 19.7. The summed E-state index contributed by atoms with van der Waals surface area (Å²) in [6.45, 7) is 8.85. The number of hydrogen-bond donors (Lipinski definition) is 2. The van der Waals surface area contributed by atoms with Crippen LogP contribution in [0, 0.1) is 0 Å². The summed E-state index contributed by atoms with van der Waals surface area (Å²) in [5.41, 5.74) is 1.71. The first-order chi connectivity index (χ1) is 13.0. The number of likely N-dealkylation sites (tertiary alicyclic amines) is 1. The summed E-state index contributed by atoms with van der Waals surface area (Å²) in [5, 5.41) is 3.50. The van der Waals surface area contributed by atoms with E-state index >= 15 is 0 Å². The fraction of sp³-hybridized carbons (Fsp3) is 0.500. The number of amides is 1. The van der Waals surface area contributed by atoms with Crippen LogP contribution in [0.3, 0.4) is 0 Å². The summed E-state index contributed by atoms with van der Waals surface area (Å²) >= 11 is 3.39. The molecule has 0 radical (unpaired) electrons. The maximum atomic E-state index is 12.6. The van der Waals surface area contributed by atoms with Gasteiger partial charge in [0.05, 0.1) is 5.69 Å². The van der Waals surface area contributed by atoms with Crippen molar-refractivity contribution >= 4 is 33.3 Å². The van der Waals surface area contributed by atoms with Crippen molar-refractivity contribution in [3.05, 3.63) is 40.8 Å². The lowest BCUT2D eigenvalue weighted by molar-refractivity contribution is 0.0707. The number of rotatable bonds is 6. The van der Waals surface area contributed by atoms with E-state index in [0.29, 0.717) is 17.8 Å². The van der Waals surface area contributed by atoms with E-state index in [0.717, 1.165) is 48.5 Å². The molecule has 1 aliphatic rings. The van der Waals surface area contributed by atoms with E-state index in [4.69, 9.17) is 0 Å². The second-order valence-corrected chi connectivity index (χ2v) is 8.13. The highest BCUT2D eigenvalue weighted by Gasteiger charge is 2.29. The third-order valence-electron chi connectivity index (χ3n) is 4.91. The summed E-state index contributed by atoms with van der Waals surface area (Å²) in [7, 11) is 0. The Morgan fingerprint density at radius 2 is 2.19 bits per heavy atom. The van der Waals surface area contributed by atoms with Gasteiger partial charge >= 0.3 is 0 Å². The second-order valence-electron chi connectivity index (χ2n) is 7.21. The Labute approximate surface area is 169 Å². The Morgan fingerprint density at radius 1 is 1.44 bits per heavy atom. The van der Waals surface area contributed by atoms with Gasteiger partial charge < -0.3 is 20.1 Å². The molecule has 0 spiro atoms. The number of pyridine rings is 1. The Hall–Kier alpha value is -2.02. The summed E-state index contributed by atoms with van der Waals surface area (Å²) < 4.78 is 0.901. The molecule has 6 nitrogen and oxygen atoms in total. The molecule has 0 aliphatic carbocycles. The van der Waals surface area contributed by atoms with E-state index in [1.165, 1.54) is 0 Å². The van der Waals surface area contributed by atoms with Crippen LogP contribution >= 0.6 is 15.9 Å². The average molecular weight is 434 g/mol. The van der Waals surface area contributed by atoms with Gasteiger partial charge in [0.25, 0.3) is 5.91 Å². The van der Waals surface area contributed by atoms with Gasteiger partial charge in [0, 0.05) is 48.6 Å². The molecule has 1 amide bonds. The van der Waals surface area contributed by atoms with Crippen LogP contribution in [0.4, 0.5) is 11.5 Å². The van der Waals surface area contributed by atoms with Crippen molar-refractivity contribution in [2.24, 2.45) is 0 Å². The lowest BCUT2D eigenvalue weighted by Gasteiger charge is -2.39. The molecule has 27 heavy (non-hydrogen) atoms. The molecule has 1 saturated heterocycles. The minimum absolute atomic E-state index is 0.0715. The van der Waals surface area contributed by atoms with E-state index < -0.39 is 0 Å². The zero-order valence-electron chi connectivity index (χ0n) is 16.2. The van der Waals surface area contributed by atoms with Crippen molar-refractivity contribution in [1.29, 1.82) is 0 Å². The van der Waals surface area contributed by atoms with Gasteiger partial charge in [-0.3, -0.25) is 4.79 Å². The third-order valence-corrected chi connectivity index (χ3v) is 5.37. The minimum Gasteiger partial charge on any atom is -0.380 e. The van der Waals surface area contributed by atoms with Crippen molar-refractivity contribution in [3.63, 3.8) is 0 Å². The molecule has 0 atom stereocenters. The van der Waals surface area contributed by atoms with Gasteiger partial charge in [0.2, 0.25) is 0 Å². The number of nitrogens with zero attached hydrogens (tertiary/aromatic N) is 3. The Balaban J connectivity index is 1.68. The van der Waals surface area contributed by atoms with Crippen LogP contribution in [0.2, 0.25) is 0 Å². The SMILES string of the molecule is CCN(c1ncccc1NC(C)C)C1CCN(C(=O)c2cc(Br)c[nH]2)CC1. The molecule has 1 aliphatic heterocycles. The molecule has 3 rings (SSSR count). The van der Waals surface area contributed by atoms with E-state index in [1.807, 2.05) is 23.2 Å². The van der Waals surface area contributed by atoms with Gasteiger partial charge in [-0.05, 0) is 67.7 Å². The highest BCUT2D eigenvalue weighted by Crippen LogP contribution is 2.29. The maximum absolute atomic E-state index is 12.6. The molecular formula is C20H28BrN5O. The van der Waals surface area contributed by atoms with Crippen LogP contribution in [0.25, 0.3) is 0 Å². The van der Waals surface area contributed by atoms with Crippen LogP contribution in [0.1, 0.15) is 44.1 Å². The number of nitrogens with one attached hydrogen (secondary N) is 2. The van der Waals surface area contributed by atoms with Gasteiger partial charge in [-0.1, -0.05) is 0 Å². The van der Waals surface area contributed by atoms with E-state index in [1.54, 1.807) is 6.20 Å². The molecule has 3 heterocycles. The largest absolute Gasteiger partial charge is 0.380 e. The molecular weight excluding hydrogens is 406 g/mol. The highest BCUT2D eigenvalue weighted by molar-refractivity contribution is 9.10. The summed E-state index contributed by atoms with van der Waals surface area (Å²) in [4.78, 5) is 24.6. The molecule has 1 fully saturated rings. The predicted octanol–water partition coefficient (Wildman–Crippen LogP) is 4.12. The number of anilines is 2. The second kappa shape index (κ2) is 8.78. The standard InChI is InChI=1S/C20H28BrN5O/c1-4-26(19-17(24-14(2)3)6-5-9-22-19)16-7-10-25(11-8-16)20(27)18-12-15(21)13-23-18/h5-6,9,12-14,16,23-24H,4,7-8,10-11H2,1-3H3. The number of aromatic nitrogens is 2. The molecule has 2 aromatic heterocycles. The molecule has 146 valence electrons. The van der Waals surface area contributed by atoms with Gasteiger partial charge in [-0.15, -0.1) is 0 Å². The topological polar surface area (TPSA) is 64.3 Å². The average Bonchev–Trinajstić information content (AvgIpc) is 3.09. The Bertz CT molecular complexity index is 767. The smallest absolute Gasteiger partial charge is 0.270 e. The molecule has 2 N–H and O–H groups in total. The number of aromatic amines is 1. The van der Waals surface area contributed by atoms with Crippen LogP contribution < -0.4 is 10.2 Å². The molecule has 0 bridgehead atoms. The van der Waals surface area contributed by atoms with E-state index in [-0.39, 0.29) is 5.91 Å². The maximum Gasteiger partial charge on any atom is 0.270 e. The quantitative estimate of drug-likeness (QED) is 0.718. The van der Waals surface area contributed by atoms with Gasteiger partial charge in [0.15, 0.2) is 5.82 Å². The van der Waals surface area contributed by atoms with Crippen LogP contribution in [-0.4, -0.2) is 52.5 Å². The number of piperidine rings is 1. The van der Waals surface area contributed by atoms with Crippen LogP contribution in [0.5, 0.6) is 0 Å². The number of carbonyl (C=O) groups excluding carboxylic acids is 1. The number of carbonyl (C=O) groups is 1. The fourth-order valence-corrected chi connectivity index (χ4v) is 4.02. The molecule has 7 heteroatoms. The van der Waals surface area contributed by atoms with Gasteiger partial charge in [-0.2, -0.15) is 0 Å². The zero-order chi connectivity index (χ0) is 19.4. The monoisotopic (exact) mass is 433 g/mol. The molecule has 2 aromatic rings. The Kier molecular flexibility index (Phi) is 6.42. The van der Waals surface area contributed by atoms with Crippen LogP contribution in [-0.2, 0) is 0 Å². The van der Waals surface area contributed by atoms with Crippen LogP contribution in [0.15, 0.2) is 35.1 Å². The number of H-pyrrole nitrogens is 1. The Morgan fingerprint density at radius 3 is 2.78 bits per heavy atom. The molecule has 0 saturated carbocycles. The van der Waals surface area contributed by atoms with Gasteiger partial charge in [0.1, 0.15) is 5.69 Å². The normalized spacial score (nSPS) is 15.2. The minimum atomic E-state index is 0.0715. The van der Waals surface area contributed by atoms with Crippen molar-refractivity contribution in [1.82, 2.24) is 14.9 Å². The van der Waals surface area contributed by atoms with Crippen molar-refractivity contribution < 1.29 is 4.79 Å².